The summed E-state index contributed by atoms with van der Waals surface area (Å²) >= 11 is 1.04. The number of ether oxygens (including phenoxy) is 1. The molecule has 0 bridgehead atoms. The number of esters is 1. The van der Waals surface area contributed by atoms with Crippen LogP contribution in [0.2, 0.25) is 0 Å². The van der Waals surface area contributed by atoms with E-state index in [-0.39, 0.29) is 28.4 Å². The van der Waals surface area contributed by atoms with Crippen LogP contribution < -0.4 is 5.32 Å². The van der Waals surface area contributed by atoms with Gasteiger partial charge in [0.25, 0.3) is 11.6 Å². The fourth-order valence-corrected chi connectivity index (χ4v) is 3.62. The molecule has 1 aromatic heterocycles. The van der Waals surface area contributed by atoms with Crippen LogP contribution in [0.3, 0.4) is 0 Å². The molecule has 3 rings (SSSR count). The van der Waals surface area contributed by atoms with Crippen LogP contribution in [-0.4, -0.2) is 23.4 Å². The highest BCUT2D eigenvalue weighted by Gasteiger charge is 2.24. The molecule has 0 spiro atoms. The molecule has 29 heavy (non-hydrogen) atoms. The number of hydrogen-bond acceptors (Lipinski definition) is 6. The molecule has 7 nitrogen and oxygen atoms in total. The zero-order chi connectivity index (χ0) is 21.0. The number of carbonyl (C=O) groups excluding carboxylic acids is 2. The average molecular weight is 414 g/mol. The predicted octanol–water partition coefficient (Wildman–Crippen LogP) is 4.89. The van der Waals surface area contributed by atoms with E-state index in [9.17, 15) is 24.1 Å². The summed E-state index contributed by atoms with van der Waals surface area (Å²) in [6.45, 7) is 1.73. The van der Waals surface area contributed by atoms with E-state index < -0.39 is 22.6 Å². The van der Waals surface area contributed by atoms with Crippen molar-refractivity contribution in [2.75, 3.05) is 11.9 Å². The minimum Gasteiger partial charge on any atom is -0.462 e. The molecule has 148 valence electrons. The number of halogens is 1. The number of nitro groups is 1. The fraction of sp³-hybridized carbons (Fsp3) is 0.100. The summed E-state index contributed by atoms with van der Waals surface area (Å²) in [7, 11) is 0. The lowest BCUT2D eigenvalue weighted by Gasteiger charge is -2.09. The molecule has 1 amide bonds. The number of carbonyl (C=O) groups is 2. The Morgan fingerprint density at radius 1 is 1.21 bits per heavy atom. The van der Waals surface area contributed by atoms with Gasteiger partial charge in [-0.2, -0.15) is 0 Å². The van der Waals surface area contributed by atoms with E-state index in [0.29, 0.717) is 11.1 Å². The van der Waals surface area contributed by atoms with Crippen molar-refractivity contribution in [3.63, 3.8) is 0 Å². The van der Waals surface area contributed by atoms with Gasteiger partial charge in [-0.25, -0.2) is 9.18 Å². The lowest BCUT2D eigenvalue weighted by molar-refractivity contribution is -0.384. The van der Waals surface area contributed by atoms with E-state index >= 15 is 0 Å². The highest BCUT2D eigenvalue weighted by molar-refractivity contribution is 7.15. The Kier molecular flexibility index (Phi) is 5.99. The Morgan fingerprint density at radius 2 is 1.97 bits per heavy atom. The summed E-state index contributed by atoms with van der Waals surface area (Å²) in [5.74, 6) is -2.11. The first-order valence-corrected chi connectivity index (χ1v) is 9.39. The number of benzene rings is 2. The van der Waals surface area contributed by atoms with Gasteiger partial charge in [-0.05, 0) is 24.6 Å². The number of hydrogen-bond donors (Lipinski definition) is 1. The van der Waals surface area contributed by atoms with E-state index in [1.165, 1.54) is 36.4 Å². The van der Waals surface area contributed by atoms with Crippen LogP contribution >= 0.6 is 11.3 Å². The van der Waals surface area contributed by atoms with Crippen molar-refractivity contribution in [1.29, 1.82) is 0 Å². The van der Waals surface area contributed by atoms with Crippen LogP contribution in [0.5, 0.6) is 0 Å². The quantitative estimate of drug-likeness (QED) is 0.352. The van der Waals surface area contributed by atoms with Gasteiger partial charge >= 0.3 is 5.97 Å². The third-order valence-corrected chi connectivity index (χ3v) is 4.88. The normalized spacial score (nSPS) is 10.4. The maximum Gasteiger partial charge on any atom is 0.341 e. The van der Waals surface area contributed by atoms with Gasteiger partial charge < -0.3 is 10.1 Å². The van der Waals surface area contributed by atoms with Crippen molar-refractivity contribution in [2.24, 2.45) is 0 Å². The van der Waals surface area contributed by atoms with Crippen molar-refractivity contribution < 1.29 is 23.6 Å². The molecule has 0 atom stereocenters. The van der Waals surface area contributed by atoms with Crippen LogP contribution in [0.4, 0.5) is 15.1 Å². The monoisotopic (exact) mass is 414 g/mol. The van der Waals surface area contributed by atoms with Crippen molar-refractivity contribution in [3.8, 4) is 11.1 Å². The molecule has 0 fully saturated rings. The molecule has 0 saturated carbocycles. The van der Waals surface area contributed by atoms with E-state index in [4.69, 9.17) is 4.74 Å². The average Bonchev–Trinajstić information content (AvgIpc) is 3.12. The molecule has 1 N–H and O–H groups in total. The molecule has 0 aliphatic rings. The van der Waals surface area contributed by atoms with Crippen LogP contribution in [0.1, 0.15) is 27.6 Å². The Balaban J connectivity index is 2.04. The summed E-state index contributed by atoms with van der Waals surface area (Å²) in [5.41, 5.74) is 0.543. The lowest BCUT2D eigenvalue weighted by atomic mass is 10.0. The minimum absolute atomic E-state index is 0.0574. The van der Waals surface area contributed by atoms with Gasteiger partial charge in [0.1, 0.15) is 16.4 Å². The number of nitrogens with one attached hydrogen (secondary N) is 1. The maximum atomic E-state index is 13.9. The predicted molar refractivity (Wildman–Crippen MR) is 107 cm³/mol. The highest BCUT2D eigenvalue weighted by atomic mass is 32.1. The van der Waals surface area contributed by atoms with Gasteiger partial charge in [0, 0.05) is 23.1 Å². The maximum absolute atomic E-state index is 13.9. The zero-order valence-corrected chi connectivity index (χ0v) is 16.0. The highest BCUT2D eigenvalue weighted by Crippen LogP contribution is 2.37. The standard InChI is InChI=1S/C20H15FN2O5S/c1-2-28-20(25)17-15(12-6-5-7-13(10-12)23(26)27)11-29-19(17)22-18(24)14-8-3-4-9-16(14)21/h3-11H,2H2,1H3,(H,22,24). The number of nitro benzene ring substituents is 1. The number of rotatable bonds is 6. The number of thiophene rings is 1. The van der Waals surface area contributed by atoms with Crippen molar-refractivity contribution >= 4 is 33.9 Å². The molecular weight excluding hydrogens is 399 g/mol. The van der Waals surface area contributed by atoms with E-state index in [1.807, 2.05) is 0 Å². The topological polar surface area (TPSA) is 98.5 Å². The second kappa shape index (κ2) is 8.61. The van der Waals surface area contributed by atoms with Gasteiger partial charge in [0.15, 0.2) is 0 Å². The molecule has 0 aliphatic heterocycles. The number of nitrogens with zero attached hydrogens (tertiary/aromatic N) is 1. The molecule has 9 heteroatoms. The van der Waals surface area contributed by atoms with Gasteiger partial charge in [-0.3, -0.25) is 14.9 Å². The molecule has 1 heterocycles. The summed E-state index contributed by atoms with van der Waals surface area (Å²) in [6.07, 6.45) is 0. The third-order valence-electron chi connectivity index (χ3n) is 3.98. The minimum atomic E-state index is -0.721. The van der Waals surface area contributed by atoms with E-state index in [0.717, 1.165) is 17.4 Å². The van der Waals surface area contributed by atoms with Crippen LogP contribution in [0.15, 0.2) is 53.9 Å². The second-order valence-corrected chi connectivity index (χ2v) is 6.70. The largest absolute Gasteiger partial charge is 0.462 e. The first kappa shape index (κ1) is 20.2. The summed E-state index contributed by atoms with van der Waals surface area (Å²) in [4.78, 5) is 35.5. The van der Waals surface area contributed by atoms with E-state index in [2.05, 4.69) is 5.32 Å². The van der Waals surface area contributed by atoms with Crippen molar-refractivity contribution in [1.82, 2.24) is 0 Å². The third kappa shape index (κ3) is 4.30. The van der Waals surface area contributed by atoms with Crippen molar-refractivity contribution in [3.05, 3.63) is 81.0 Å². The smallest absolute Gasteiger partial charge is 0.341 e. The molecule has 3 aromatic rings. The van der Waals surface area contributed by atoms with Gasteiger partial charge in [0.2, 0.25) is 0 Å². The van der Waals surface area contributed by atoms with E-state index in [1.54, 1.807) is 18.4 Å². The first-order valence-electron chi connectivity index (χ1n) is 8.51. The number of anilines is 1. The number of non-ortho nitro benzene ring substituents is 1. The SMILES string of the molecule is CCOC(=O)c1c(-c2cccc([N+](=O)[O-])c2)csc1NC(=O)c1ccccc1F. The molecule has 2 aromatic carbocycles. The van der Waals surface area contributed by atoms with Crippen molar-refractivity contribution in [2.45, 2.75) is 6.92 Å². The molecular formula is C20H15FN2O5S. The van der Waals surface area contributed by atoms with Gasteiger partial charge in [0.05, 0.1) is 17.1 Å². The molecule has 0 radical (unpaired) electrons. The van der Waals surface area contributed by atoms with Gasteiger partial charge in [-0.1, -0.05) is 24.3 Å². The Bertz CT molecular complexity index is 1100. The summed E-state index contributed by atoms with van der Waals surface area (Å²) < 4.78 is 19.0. The Labute approximate surface area is 168 Å². The van der Waals surface area contributed by atoms with Crippen LogP contribution in [0, 0.1) is 15.9 Å². The van der Waals surface area contributed by atoms with Crippen LogP contribution in [-0.2, 0) is 4.74 Å². The fourth-order valence-electron chi connectivity index (χ4n) is 2.67. The summed E-state index contributed by atoms with van der Waals surface area (Å²) in [5, 5.41) is 15.4. The Hall–Kier alpha value is -3.59. The zero-order valence-electron chi connectivity index (χ0n) is 15.2. The number of amides is 1. The summed E-state index contributed by atoms with van der Waals surface area (Å²) in [6, 6.07) is 11.2. The molecule has 0 aliphatic carbocycles. The van der Waals surface area contributed by atoms with Crippen LogP contribution in [0.25, 0.3) is 11.1 Å². The first-order chi connectivity index (χ1) is 13.9. The lowest BCUT2D eigenvalue weighted by Crippen LogP contribution is -2.16. The van der Waals surface area contributed by atoms with Gasteiger partial charge in [-0.15, -0.1) is 11.3 Å². The second-order valence-electron chi connectivity index (χ2n) is 5.82. The Morgan fingerprint density at radius 3 is 2.66 bits per heavy atom. The molecule has 0 unspecified atom stereocenters. The molecule has 0 saturated heterocycles.